The van der Waals surface area contributed by atoms with Crippen LogP contribution in [-0.4, -0.2) is 41.4 Å². The maximum absolute atomic E-state index is 12.6. The number of benzene rings is 1. The maximum atomic E-state index is 12.6. The molecule has 1 aliphatic heterocycles. The molecule has 0 aliphatic carbocycles. The lowest BCUT2D eigenvalue weighted by molar-refractivity contribution is -0.645. The number of rotatable bonds is 6. The zero-order valence-corrected chi connectivity index (χ0v) is 14.5. The summed E-state index contributed by atoms with van der Waals surface area (Å²) < 4.78 is 0. The molecule has 24 heavy (non-hydrogen) atoms. The molecule has 1 aromatic carbocycles. The van der Waals surface area contributed by atoms with Gasteiger partial charge in [0.2, 0.25) is 0 Å². The van der Waals surface area contributed by atoms with Gasteiger partial charge >= 0.3 is 0 Å². The number of nitrogens with zero attached hydrogens (tertiary/aromatic N) is 2. The van der Waals surface area contributed by atoms with Crippen molar-refractivity contribution >= 4 is 23.0 Å². The third kappa shape index (κ3) is 3.72. The Labute approximate surface area is 145 Å². The Balaban J connectivity index is 1.82. The molecule has 2 aromatic rings. The number of aliphatic hydroxyl groups excluding tert-OH is 1. The maximum Gasteiger partial charge on any atom is 0.298 e. The number of carbonyl (C=O) groups excluding carboxylic acids is 1. The summed E-state index contributed by atoms with van der Waals surface area (Å²) in [5.41, 5.74) is 3.22. The first-order valence-corrected chi connectivity index (χ1v) is 8.99. The van der Waals surface area contributed by atoms with Gasteiger partial charge in [-0.1, -0.05) is 35.9 Å². The van der Waals surface area contributed by atoms with Crippen LogP contribution in [0.4, 0.5) is 0 Å². The van der Waals surface area contributed by atoms with Crippen LogP contribution in [0.1, 0.15) is 28.5 Å². The molecule has 1 atom stereocenters. The Morgan fingerprint density at radius 3 is 2.83 bits per heavy atom. The zero-order valence-electron chi connectivity index (χ0n) is 13.7. The van der Waals surface area contributed by atoms with Crippen LogP contribution in [0.5, 0.6) is 0 Å². The van der Waals surface area contributed by atoms with E-state index in [2.05, 4.69) is 42.4 Å². The topological polar surface area (TPSA) is 69.5 Å². The van der Waals surface area contributed by atoms with Gasteiger partial charge in [0.05, 0.1) is 24.9 Å². The van der Waals surface area contributed by atoms with Crippen molar-refractivity contribution in [3.05, 3.63) is 57.8 Å². The summed E-state index contributed by atoms with van der Waals surface area (Å²) in [4.78, 5) is 13.7. The first kappa shape index (κ1) is 16.8. The van der Waals surface area contributed by atoms with Gasteiger partial charge in [-0.05, 0) is 23.9 Å². The van der Waals surface area contributed by atoms with Crippen LogP contribution in [-0.2, 0) is 4.79 Å². The summed E-state index contributed by atoms with van der Waals surface area (Å²) >= 11 is 1.65. The van der Waals surface area contributed by atoms with E-state index in [1.807, 2.05) is 16.8 Å². The molecule has 1 aliphatic rings. The molecular formula is C18H22N3O2S+. The van der Waals surface area contributed by atoms with Crippen molar-refractivity contribution in [2.75, 3.05) is 19.7 Å². The highest BCUT2D eigenvalue weighted by molar-refractivity contribution is 7.10. The van der Waals surface area contributed by atoms with Crippen molar-refractivity contribution in [2.24, 2.45) is 5.10 Å². The van der Waals surface area contributed by atoms with Crippen LogP contribution in [0, 0.1) is 6.92 Å². The number of amides is 1. The fraction of sp³-hybridized carbons (Fsp3) is 0.333. The molecule has 2 heterocycles. The Morgan fingerprint density at radius 1 is 1.38 bits per heavy atom. The molecule has 5 nitrogen and oxygen atoms in total. The van der Waals surface area contributed by atoms with E-state index in [-0.39, 0.29) is 18.6 Å². The van der Waals surface area contributed by atoms with E-state index in [1.165, 1.54) is 5.56 Å². The molecule has 0 unspecified atom stereocenters. The Hall–Kier alpha value is -2.02. The minimum atomic E-state index is -0.0312. The van der Waals surface area contributed by atoms with E-state index < -0.39 is 0 Å². The highest BCUT2D eigenvalue weighted by atomic mass is 32.1. The smallest absolute Gasteiger partial charge is 0.298 e. The largest absolute Gasteiger partial charge is 0.391 e. The van der Waals surface area contributed by atoms with Gasteiger partial charge in [0.25, 0.3) is 5.91 Å². The molecule has 126 valence electrons. The van der Waals surface area contributed by atoms with Crippen LogP contribution in [0.25, 0.3) is 0 Å². The average molecular weight is 344 g/mol. The predicted molar refractivity (Wildman–Crippen MR) is 95.0 cm³/mol. The lowest BCUT2D eigenvalue weighted by Gasteiger charge is -2.19. The predicted octanol–water partition coefficient (Wildman–Crippen LogP) is 1.29. The number of quaternary nitrogens is 1. The fourth-order valence-electron chi connectivity index (χ4n) is 2.77. The van der Waals surface area contributed by atoms with Gasteiger partial charge in [-0.15, -0.1) is 11.3 Å². The number of hydrazone groups is 1. The summed E-state index contributed by atoms with van der Waals surface area (Å²) in [6.07, 6.45) is 0.731. The third-order valence-corrected chi connectivity index (χ3v) is 5.05. The lowest BCUT2D eigenvalue weighted by Crippen LogP contribution is -2.87. The third-order valence-electron chi connectivity index (χ3n) is 4.07. The van der Waals surface area contributed by atoms with Crippen LogP contribution >= 0.6 is 11.3 Å². The molecule has 6 heteroatoms. The SMILES string of the molecule is Cc1ccc(C2=NN(C(=O)C[NH2+]CCO)[C@@H](c3cccs3)C2)cc1. The quantitative estimate of drug-likeness (QED) is 0.775. The highest BCUT2D eigenvalue weighted by Crippen LogP contribution is 2.34. The molecule has 3 N–H and O–H groups in total. The van der Waals surface area contributed by atoms with Crippen LogP contribution in [0.2, 0.25) is 0 Å². The van der Waals surface area contributed by atoms with E-state index in [0.717, 1.165) is 22.6 Å². The van der Waals surface area contributed by atoms with Crippen LogP contribution in [0.15, 0.2) is 46.9 Å². The number of nitrogens with two attached hydrogens (primary N) is 1. The van der Waals surface area contributed by atoms with Crippen molar-refractivity contribution in [1.29, 1.82) is 0 Å². The van der Waals surface area contributed by atoms with Crippen molar-refractivity contribution in [3.63, 3.8) is 0 Å². The molecule has 3 rings (SSSR count). The number of aliphatic hydroxyl groups is 1. The average Bonchev–Trinajstić information content (AvgIpc) is 3.25. The highest BCUT2D eigenvalue weighted by Gasteiger charge is 2.34. The van der Waals surface area contributed by atoms with Gasteiger partial charge in [-0.2, -0.15) is 5.10 Å². The van der Waals surface area contributed by atoms with Gasteiger partial charge in [0.1, 0.15) is 0 Å². The zero-order chi connectivity index (χ0) is 16.9. The molecule has 0 fully saturated rings. The van der Waals surface area contributed by atoms with E-state index in [9.17, 15) is 4.79 Å². The van der Waals surface area contributed by atoms with E-state index in [1.54, 1.807) is 16.3 Å². The Kier molecular flexibility index (Phi) is 5.40. The molecule has 0 spiro atoms. The van der Waals surface area contributed by atoms with Crippen LogP contribution in [0.3, 0.4) is 0 Å². The van der Waals surface area contributed by atoms with Gasteiger partial charge in [-0.25, -0.2) is 5.01 Å². The molecule has 0 radical (unpaired) electrons. The second-order valence-electron chi connectivity index (χ2n) is 5.89. The van der Waals surface area contributed by atoms with Crippen molar-refractivity contribution < 1.29 is 15.2 Å². The number of hydrogen-bond donors (Lipinski definition) is 2. The van der Waals surface area contributed by atoms with E-state index >= 15 is 0 Å². The molecular weight excluding hydrogens is 322 g/mol. The second kappa shape index (κ2) is 7.70. The Morgan fingerprint density at radius 2 is 2.17 bits per heavy atom. The number of aryl methyl sites for hydroxylation is 1. The summed E-state index contributed by atoms with van der Waals surface area (Å²) in [7, 11) is 0. The minimum Gasteiger partial charge on any atom is -0.391 e. The summed E-state index contributed by atoms with van der Waals surface area (Å²) in [5.74, 6) is -0.0241. The van der Waals surface area contributed by atoms with Gasteiger partial charge in [0, 0.05) is 11.3 Å². The molecule has 0 saturated carbocycles. The van der Waals surface area contributed by atoms with E-state index in [0.29, 0.717) is 13.1 Å². The number of carbonyl (C=O) groups is 1. The lowest BCUT2D eigenvalue weighted by atomic mass is 10.0. The Bertz CT molecular complexity index is 710. The molecule has 0 bridgehead atoms. The van der Waals surface area contributed by atoms with Gasteiger partial charge in [0.15, 0.2) is 6.54 Å². The number of thiophene rings is 1. The minimum absolute atomic E-state index is 0.0241. The second-order valence-corrected chi connectivity index (χ2v) is 6.87. The molecule has 1 aromatic heterocycles. The number of hydrogen-bond acceptors (Lipinski definition) is 4. The van der Waals surface area contributed by atoms with Crippen LogP contribution < -0.4 is 5.32 Å². The van der Waals surface area contributed by atoms with Crippen molar-refractivity contribution in [3.8, 4) is 0 Å². The van der Waals surface area contributed by atoms with Gasteiger partial charge in [-0.3, -0.25) is 4.79 Å². The monoisotopic (exact) mass is 344 g/mol. The van der Waals surface area contributed by atoms with E-state index in [4.69, 9.17) is 5.11 Å². The first-order chi connectivity index (χ1) is 11.7. The molecule has 1 amide bonds. The first-order valence-electron chi connectivity index (χ1n) is 8.11. The molecule has 0 saturated heterocycles. The fourth-order valence-corrected chi connectivity index (χ4v) is 3.59. The summed E-state index contributed by atoms with van der Waals surface area (Å²) in [5, 5.41) is 19.0. The normalized spacial score (nSPS) is 17.2. The standard InChI is InChI=1S/C18H21N3O2S/c1-13-4-6-14(7-5-13)15-11-16(17-3-2-10-24-17)21(20-15)18(23)12-19-8-9-22/h2-7,10,16,19,22H,8-9,11-12H2,1H3/p+1/t16-/m1/s1. The van der Waals surface area contributed by atoms with Crippen molar-refractivity contribution in [2.45, 2.75) is 19.4 Å². The summed E-state index contributed by atoms with van der Waals surface area (Å²) in [6, 6.07) is 12.3. The van der Waals surface area contributed by atoms with Gasteiger partial charge < -0.3 is 10.4 Å². The van der Waals surface area contributed by atoms with Crippen molar-refractivity contribution in [1.82, 2.24) is 5.01 Å². The summed E-state index contributed by atoms with van der Waals surface area (Å²) in [6.45, 7) is 2.95.